The van der Waals surface area contributed by atoms with Crippen LogP contribution in [-0.4, -0.2) is 40.5 Å². The van der Waals surface area contributed by atoms with E-state index in [4.69, 9.17) is 4.98 Å². The number of hydrogen-bond donors (Lipinski definition) is 2. The smallest absolute Gasteiger partial charge is 0.121 e. The zero-order chi connectivity index (χ0) is 12.7. The lowest BCUT2D eigenvalue weighted by atomic mass is 9.97. The van der Waals surface area contributed by atoms with E-state index in [0.29, 0.717) is 6.04 Å². The number of benzene rings is 1. The number of nitrogens with zero attached hydrogens (tertiary/aromatic N) is 2. The predicted molar refractivity (Wildman–Crippen MR) is 75.9 cm³/mol. The summed E-state index contributed by atoms with van der Waals surface area (Å²) in [4.78, 5) is 10.7. The summed E-state index contributed by atoms with van der Waals surface area (Å²) in [5.74, 6) is 1.92. The van der Waals surface area contributed by atoms with Gasteiger partial charge in [0, 0.05) is 19.1 Å². The fourth-order valence-corrected chi connectivity index (χ4v) is 3.46. The van der Waals surface area contributed by atoms with Crippen molar-refractivity contribution in [1.82, 2.24) is 20.2 Å². The number of piperidine rings is 1. The first kappa shape index (κ1) is 11.4. The molecule has 1 aromatic heterocycles. The van der Waals surface area contributed by atoms with E-state index >= 15 is 0 Å². The Bertz CT molecular complexity index is 521. The number of hydrogen-bond acceptors (Lipinski definition) is 3. The van der Waals surface area contributed by atoms with Crippen molar-refractivity contribution in [1.29, 1.82) is 0 Å². The van der Waals surface area contributed by atoms with Crippen LogP contribution < -0.4 is 5.32 Å². The molecular formula is C15H20N4. The Morgan fingerprint density at radius 2 is 2.16 bits per heavy atom. The minimum Gasteiger partial charge on any atom is -0.341 e. The highest BCUT2D eigenvalue weighted by Crippen LogP contribution is 2.22. The molecular weight excluding hydrogens is 236 g/mol. The van der Waals surface area contributed by atoms with Gasteiger partial charge < -0.3 is 10.3 Å². The first-order valence-electron chi connectivity index (χ1n) is 7.26. The fourth-order valence-electron chi connectivity index (χ4n) is 3.46. The topological polar surface area (TPSA) is 44.0 Å². The molecule has 2 aromatic rings. The molecule has 2 N–H and O–H groups in total. The molecule has 0 aliphatic carbocycles. The quantitative estimate of drug-likeness (QED) is 0.860. The third kappa shape index (κ3) is 2.26. The summed E-state index contributed by atoms with van der Waals surface area (Å²) in [5, 5.41) is 3.65. The van der Waals surface area contributed by atoms with Crippen molar-refractivity contribution < 1.29 is 0 Å². The second-order valence-corrected chi connectivity index (χ2v) is 5.94. The van der Waals surface area contributed by atoms with Crippen LogP contribution in [-0.2, 0) is 6.54 Å². The molecule has 19 heavy (non-hydrogen) atoms. The van der Waals surface area contributed by atoms with Crippen LogP contribution in [0.1, 0.15) is 18.7 Å². The van der Waals surface area contributed by atoms with Gasteiger partial charge in [-0.15, -0.1) is 0 Å². The number of nitrogens with one attached hydrogen (secondary N) is 2. The lowest BCUT2D eigenvalue weighted by Crippen LogP contribution is -2.39. The molecule has 0 amide bonds. The predicted octanol–water partition coefficient (Wildman–Crippen LogP) is 1.75. The zero-order valence-corrected chi connectivity index (χ0v) is 11.1. The number of para-hydroxylation sites is 2. The molecule has 0 saturated carbocycles. The Labute approximate surface area is 113 Å². The molecule has 2 atom stereocenters. The van der Waals surface area contributed by atoms with Crippen molar-refractivity contribution in [3.63, 3.8) is 0 Å². The van der Waals surface area contributed by atoms with Gasteiger partial charge in [0.15, 0.2) is 0 Å². The van der Waals surface area contributed by atoms with Crippen molar-refractivity contribution in [3.05, 3.63) is 30.1 Å². The lowest BCUT2D eigenvalue weighted by Gasteiger charge is -2.23. The van der Waals surface area contributed by atoms with Gasteiger partial charge in [0.1, 0.15) is 5.82 Å². The Morgan fingerprint density at radius 1 is 1.21 bits per heavy atom. The Morgan fingerprint density at radius 3 is 3.00 bits per heavy atom. The van der Waals surface area contributed by atoms with Crippen LogP contribution in [0.2, 0.25) is 0 Å². The van der Waals surface area contributed by atoms with Crippen molar-refractivity contribution in [3.8, 4) is 0 Å². The number of aromatic nitrogens is 2. The summed E-state index contributed by atoms with van der Waals surface area (Å²) in [5.41, 5.74) is 2.22. The van der Waals surface area contributed by atoms with E-state index in [2.05, 4.69) is 33.4 Å². The molecule has 4 nitrogen and oxygen atoms in total. The van der Waals surface area contributed by atoms with Gasteiger partial charge in [-0.05, 0) is 37.4 Å². The minimum absolute atomic E-state index is 0.683. The molecule has 0 spiro atoms. The van der Waals surface area contributed by atoms with E-state index in [0.717, 1.165) is 35.9 Å². The van der Waals surface area contributed by atoms with Gasteiger partial charge in [-0.25, -0.2) is 4.98 Å². The monoisotopic (exact) mass is 256 g/mol. The average Bonchev–Trinajstić information content (AvgIpc) is 2.60. The van der Waals surface area contributed by atoms with Gasteiger partial charge in [-0.2, -0.15) is 0 Å². The highest BCUT2D eigenvalue weighted by molar-refractivity contribution is 5.74. The first-order valence-corrected chi connectivity index (χ1v) is 7.26. The van der Waals surface area contributed by atoms with Crippen LogP contribution in [0.5, 0.6) is 0 Å². The van der Waals surface area contributed by atoms with Crippen molar-refractivity contribution >= 4 is 11.0 Å². The maximum absolute atomic E-state index is 4.69. The van der Waals surface area contributed by atoms with Crippen molar-refractivity contribution in [2.45, 2.75) is 25.4 Å². The molecule has 3 fully saturated rings. The number of fused-ring (bicyclic) bond motifs is 5. The second kappa shape index (κ2) is 4.62. The van der Waals surface area contributed by atoms with E-state index in [1.54, 1.807) is 0 Å². The third-order valence-electron chi connectivity index (χ3n) is 4.43. The maximum Gasteiger partial charge on any atom is 0.121 e. The van der Waals surface area contributed by atoms with Crippen LogP contribution in [0.15, 0.2) is 24.3 Å². The van der Waals surface area contributed by atoms with Gasteiger partial charge in [0.25, 0.3) is 0 Å². The van der Waals surface area contributed by atoms with Gasteiger partial charge >= 0.3 is 0 Å². The van der Waals surface area contributed by atoms with Crippen LogP contribution >= 0.6 is 0 Å². The highest BCUT2D eigenvalue weighted by atomic mass is 15.2. The van der Waals surface area contributed by atoms with Crippen LogP contribution in [0.25, 0.3) is 11.0 Å². The molecule has 3 aliphatic heterocycles. The zero-order valence-electron chi connectivity index (χ0n) is 11.1. The summed E-state index contributed by atoms with van der Waals surface area (Å²) in [6, 6.07) is 8.95. The molecule has 2 bridgehead atoms. The summed E-state index contributed by atoms with van der Waals surface area (Å²) >= 11 is 0. The molecule has 3 aliphatic rings. The standard InChI is InChI=1S/C15H20N4/c1-2-4-14-13(3-1)17-15(18-14)10-19-8-11-5-6-12(9-19)16-7-11/h1-4,11-12,16H,5-10H2,(H,17,18)/t11-,12-/m0/s1. The normalized spacial score (nSPS) is 27.8. The second-order valence-electron chi connectivity index (χ2n) is 5.94. The Kier molecular flexibility index (Phi) is 2.78. The Hall–Kier alpha value is -1.39. The number of imidazole rings is 1. The average molecular weight is 256 g/mol. The maximum atomic E-state index is 4.69. The molecule has 4 heteroatoms. The van der Waals surface area contributed by atoms with E-state index < -0.39 is 0 Å². The van der Waals surface area contributed by atoms with Crippen LogP contribution in [0, 0.1) is 5.92 Å². The highest BCUT2D eigenvalue weighted by Gasteiger charge is 2.29. The molecule has 5 rings (SSSR count). The molecule has 0 radical (unpaired) electrons. The number of aromatic amines is 1. The number of H-pyrrole nitrogens is 1. The lowest BCUT2D eigenvalue weighted by molar-refractivity contribution is 0.251. The summed E-state index contributed by atoms with van der Waals surface area (Å²) in [6.45, 7) is 4.51. The molecule has 100 valence electrons. The van der Waals surface area contributed by atoms with E-state index in [9.17, 15) is 0 Å². The molecule has 1 aromatic carbocycles. The first-order chi connectivity index (χ1) is 9.37. The van der Waals surface area contributed by atoms with Gasteiger partial charge in [-0.1, -0.05) is 12.1 Å². The van der Waals surface area contributed by atoms with Crippen molar-refractivity contribution in [2.75, 3.05) is 19.6 Å². The summed E-state index contributed by atoms with van der Waals surface area (Å²) < 4.78 is 0. The van der Waals surface area contributed by atoms with Gasteiger partial charge in [0.05, 0.1) is 17.6 Å². The van der Waals surface area contributed by atoms with E-state index in [1.165, 1.54) is 25.9 Å². The van der Waals surface area contributed by atoms with E-state index in [1.807, 2.05) is 6.07 Å². The fraction of sp³-hybridized carbons (Fsp3) is 0.533. The minimum atomic E-state index is 0.683. The summed E-state index contributed by atoms with van der Waals surface area (Å²) in [6.07, 6.45) is 2.72. The van der Waals surface area contributed by atoms with Gasteiger partial charge in [-0.3, -0.25) is 4.90 Å². The Balaban J connectivity index is 1.54. The van der Waals surface area contributed by atoms with Crippen LogP contribution in [0.4, 0.5) is 0 Å². The third-order valence-corrected chi connectivity index (χ3v) is 4.43. The molecule has 4 heterocycles. The van der Waals surface area contributed by atoms with Crippen LogP contribution in [0.3, 0.4) is 0 Å². The van der Waals surface area contributed by atoms with E-state index in [-0.39, 0.29) is 0 Å². The van der Waals surface area contributed by atoms with Crippen molar-refractivity contribution in [2.24, 2.45) is 5.92 Å². The SMILES string of the molecule is c1ccc2[nH]c(CN3C[C@H]4CC[C@@H](C3)NC4)nc2c1. The molecule has 3 saturated heterocycles. The molecule has 0 unspecified atom stereocenters. The largest absolute Gasteiger partial charge is 0.341 e. The summed E-state index contributed by atoms with van der Waals surface area (Å²) in [7, 11) is 0. The number of rotatable bonds is 2. The van der Waals surface area contributed by atoms with Gasteiger partial charge in [0.2, 0.25) is 0 Å².